The molecule has 0 fully saturated rings. The molecular formula is C8H15N5O3S. The molecule has 1 heterocycles. The van der Waals surface area contributed by atoms with E-state index in [1.165, 1.54) is 0 Å². The standard InChI is InChI=1S/C8H15N5O3S/c1-5-6(9)7(13-12-5)8(14)10-3-4-11-17(2,15)16/h11H,3-4,9H2,1-2H3,(H,10,14)(H,12,13). The van der Waals surface area contributed by atoms with Crippen molar-refractivity contribution < 1.29 is 13.2 Å². The highest BCUT2D eigenvalue weighted by molar-refractivity contribution is 7.88. The van der Waals surface area contributed by atoms with Gasteiger partial charge in [0.15, 0.2) is 5.69 Å². The summed E-state index contributed by atoms with van der Waals surface area (Å²) in [5.74, 6) is -0.442. The molecule has 96 valence electrons. The number of hydrogen-bond donors (Lipinski definition) is 4. The zero-order chi connectivity index (χ0) is 13.1. The van der Waals surface area contributed by atoms with Gasteiger partial charge >= 0.3 is 0 Å². The number of aromatic nitrogens is 2. The van der Waals surface area contributed by atoms with E-state index < -0.39 is 15.9 Å². The van der Waals surface area contributed by atoms with Crippen molar-refractivity contribution in [1.29, 1.82) is 0 Å². The number of aryl methyl sites for hydroxylation is 1. The largest absolute Gasteiger partial charge is 0.395 e. The Balaban J connectivity index is 2.43. The Morgan fingerprint density at radius 2 is 2.12 bits per heavy atom. The van der Waals surface area contributed by atoms with Crippen molar-refractivity contribution in [3.63, 3.8) is 0 Å². The molecule has 0 aliphatic heterocycles. The molecule has 0 unspecified atom stereocenters. The van der Waals surface area contributed by atoms with E-state index in [4.69, 9.17) is 5.73 Å². The first-order chi connectivity index (χ1) is 7.81. The fraction of sp³-hybridized carbons (Fsp3) is 0.500. The molecule has 1 amide bonds. The lowest BCUT2D eigenvalue weighted by Crippen LogP contribution is -2.34. The van der Waals surface area contributed by atoms with E-state index in [0.717, 1.165) is 6.26 Å². The van der Waals surface area contributed by atoms with Crippen molar-refractivity contribution in [2.75, 3.05) is 25.1 Å². The number of carbonyl (C=O) groups is 1. The van der Waals surface area contributed by atoms with Crippen LogP contribution >= 0.6 is 0 Å². The summed E-state index contributed by atoms with van der Waals surface area (Å²) in [6.45, 7) is 1.98. The lowest BCUT2D eigenvalue weighted by Gasteiger charge is -2.04. The Kier molecular flexibility index (Phi) is 4.07. The average molecular weight is 261 g/mol. The third kappa shape index (κ3) is 4.04. The first kappa shape index (κ1) is 13.5. The molecule has 1 rings (SSSR count). The molecule has 0 radical (unpaired) electrons. The lowest BCUT2D eigenvalue weighted by molar-refractivity contribution is 0.0950. The number of nitrogens with zero attached hydrogens (tertiary/aromatic N) is 1. The number of anilines is 1. The van der Waals surface area contributed by atoms with Gasteiger partial charge in [-0.1, -0.05) is 0 Å². The first-order valence-corrected chi connectivity index (χ1v) is 6.73. The molecule has 0 saturated heterocycles. The van der Waals surface area contributed by atoms with Crippen LogP contribution in [0.1, 0.15) is 16.2 Å². The van der Waals surface area contributed by atoms with E-state index in [1.807, 2.05) is 0 Å². The van der Waals surface area contributed by atoms with Crippen LogP contribution in [0.2, 0.25) is 0 Å². The van der Waals surface area contributed by atoms with Crippen molar-refractivity contribution in [2.24, 2.45) is 0 Å². The third-order valence-corrected chi connectivity index (χ3v) is 2.71. The average Bonchev–Trinajstić information content (AvgIpc) is 2.53. The number of nitrogen functional groups attached to an aromatic ring is 1. The van der Waals surface area contributed by atoms with Crippen molar-refractivity contribution in [3.8, 4) is 0 Å². The van der Waals surface area contributed by atoms with Gasteiger partial charge in [-0.3, -0.25) is 9.89 Å². The second-order valence-electron chi connectivity index (χ2n) is 3.53. The number of amides is 1. The highest BCUT2D eigenvalue weighted by Gasteiger charge is 2.14. The number of carbonyl (C=O) groups excluding carboxylic acids is 1. The Hall–Kier alpha value is -1.61. The van der Waals surface area contributed by atoms with Crippen LogP contribution in [-0.4, -0.2) is 43.9 Å². The maximum Gasteiger partial charge on any atom is 0.273 e. The van der Waals surface area contributed by atoms with Gasteiger partial charge in [-0.25, -0.2) is 13.1 Å². The third-order valence-electron chi connectivity index (χ3n) is 1.98. The maximum absolute atomic E-state index is 11.6. The summed E-state index contributed by atoms with van der Waals surface area (Å²) in [5.41, 5.74) is 6.63. The molecule has 9 heteroatoms. The quantitative estimate of drug-likeness (QED) is 0.483. The number of sulfonamides is 1. The normalized spacial score (nSPS) is 11.4. The van der Waals surface area contributed by atoms with Crippen LogP contribution in [0.15, 0.2) is 0 Å². The molecule has 0 spiro atoms. The maximum atomic E-state index is 11.6. The zero-order valence-electron chi connectivity index (χ0n) is 9.57. The summed E-state index contributed by atoms with van der Waals surface area (Å²) in [7, 11) is -3.24. The smallest absolute Gasteiger partial charge is 0.273 e. The molecule has 1 aromatic heterocycles. The van der Waals surface area contributed by atoms with Crippen molar-refractivity contribution in [3.05, 3.63) is 11.4 Å². The zero-order valence-corrected chi connectivity index (χ0v) is 10.4. The Morgan fingerprint density at radius 3 is 2.59 bits per heavy atom. The van der Waals surface area contributed by atoms with Crippen molar-refractivity contribution >= 4 is 21.6 Å². The molecule has 0 aliphatic carbocycles. The SMILES string of the molecule is Cc1[nH]nc(C(=O)NCCNS(C)(=O)=O)c1N. The number of nitrogens with two attached hydrogens (primary N) is 1. The van der Waals surface area contributed by atoms with E-state index in [1.54, 1.807) is 6.92 Å². The number of hydrogen-bond acceptors (Lipinski definition) is 5. The summed E-state index contributed by atoms with van der Waals surface area (Å²) in [6.07, 6.45) is 1.05. The lowest BCUT2D eigenvalue weighted by atomic mass is 10.3. The van der Waals surface area contributed by atoms with Gasteiger partial charge in [0, 0.05) is 13.1 Å². The predicted molar refractivity (Wildman–Crippen MR) is 62.9 cm³/mol. The van der Waals surface area contributed by atoms with Crippen LogP contribution in [0.3, 0.4) is 0 Å². The van der Waals surface area contributed by atoms with E-state index in [0.29, 0.717) is 11.4 Å². The topological polar surface area (TPSA) is 130 Å². The van der Waals surface area contributed by atoms with Gasteiger partial charge in [0.05, 0.1) is 17.6 Å². The Morgan fingerprint density at radius 1 is 1.47 bits per heavy atom. The van der Waals surface area contributed by atoms with E-state index in [2.05, 4.69) is 20.2 Å². The van der Waals surface area contributed by atoms with Gasteiger partial charge in [-0.2, -0.15) is 5.10 Å². The van der Waals surface area contributed by atoms with E-state index in [9.17, 15) is 13.2 Å². The molecule has 0 saturated carbocycles. The highest BCUT2D eigenvalue weighted by atomic mass is 32.2. The predicted octanol–water partition coefficient (Wildman–Crippen LogP) is -1.42. The van der Waals surface area contributed by atoms with Gasteiger partial charge in [0.1, 0.15) is 0 Å². The van der Waals surface area contributed by atoms with Crippen LogP contribution in [0.25, 0.3) is 0 Å². The van der Waals surface area contributed by atoms with Crippen molar-refractivity contribution in [2.45, 2.75) is 6.92 Å². The van der Waals surface area contributed by atoms with Crippen LogP contribution in [0.4, 0.5) is 5.69 Å². The molecule has 0 aromatic carbocycles. The number of H-pyrrole nitrogens is 1. The van der Waals surface area contributed by atoms with E-state index >= 15 is 0 Å². The van der Waals surface area contributed by atoms with Crippen molar-refractivity contribution in [1.82, 2.24) is 20.2 Å². The minimum absolute atomic E-state index is 0.113. The molecule has 0 atom stereocenters. The number of aromatic amines is 1. The number of rotatable bonds is 5. The first-order valence-electron chi connectivity index (χ1n) is 4.84. The summed E-state index contributed by atoms with van der Waals surface area (Å²) in [4.78, 5) is 11.6. The monoisotopic (exact) mass is 261 g/mol. The number of nitrogens with one attached hydrogen (secondary N) is 3. The van der Waals surface area contributed by atoms with Gasteiger partial charge in [0.2, 0.25) is 10.0 Å². The molecule has 0 bridgehead atoms. The molecular weight excluding hydrogens is 246 g/mol. The molecule has 1 aromatic rings. The summed E-state index contributed by atoms with van der Waals surface area (Å²) in [6, 6.07) is 0. The Labute approximate surface area is 99.0 Å². The summed E-state index contributed by atoms with van der Waals surface area (Å²) >= 11 is 0. The van der Waals surface area contributed by atoms with Gasteiger partial charge < -0.3 is 11.1 Å². The second kappa shape index (κ2) is 5.15. The van der Waals surface area contributed by atoms with E-state index in [-0.39, 0.29) is 18.8 Å². The molecule has 17 heavy (non-hydrogen) atoms. The van der Waals surface area contributed by atoms with Gasteiger partial charge in [0.25, 0.3) is 5.91 Å². The minimum Gasteiger partial charge on any atom is -0.395 e. The van der Waals surface area contributed by atoms with Gasteiger partial charge in [-0.15, -0.1) is 0 Å². The van der Waals surface area contributed by atoms with Crippen LogP contribution in [-0.2, 0) is 10.0 Å². The minimum atomic E-state index is -3.24. The Bertz CT molecular complexity index is 507. The van der Waals surface area contributed by atoms with Gasteiger partial charge in [-0.05, 0) is 6.92 Å². The molecule has 5 N–H and O–H groups in total. The molecule has 0 aliphatic rings. The molecule has 8 nitrogen and oxygen atoms in total. The fourth-order valence-corrected chi connectivity index (χ4v) is 1.58. The van der Waals surface area contributed by atoms with Crippen LogP contribution in [0.5, 0.6) is 0 Å². The second-order valence-corrected chi connectivity index (χ2v) is 5.37. The summed E-state index contributed by atoms with van der Waals surface area (Å²) < 4.78 is 23.7. The summed E-state index contributed by atoms with van der Waals surface area (Å²) in [5, 5.41) is 8.82. The van der Waals surface area contributed by atoms with Crippen LogP contribution < -0.4 is 15.8 Å². The highest BCUT2D eigenvalue weighted by Crippen LogP contribution is 2.11. The fourth-order valence-electron chi connectivity index (χ4n) is 1.11. The van der Waals surface area contributed by atoms with Crippen LogP contribution in [0, 0.1) is 6.92 Å².